The van der Waals surface area contributed by atoms with Gasteiger partial charge in [0.15, 0.2) is 5.16 Å². The van der Waals surface area contributed by atoms with Crippen LogP contribution in [-0.2, 0) is 11.8 Å². The van der Waals surface area contributed by atoms with Gasteiger partial charge in [-0.1, -0.05) is 11.8 Å². The quantitative estimate of drug-likeness (QED) is 0.760. The van der Waals surface area contributed by atoms with Crippen LogP contribution in [0.25, 0.3) is 0 Å². The average Bonchev–Trinajstić information content (AvgIpc) is 2.46. The predicted molar refractivity (Wildman–Crippen MR) is 57.2 cm³/mol. The van der Waals surface area contributed by atoms with Gasteiger partial charge in [0.25, 0.3) is 0 Å². The molecule has 1 aromatic rings. The number of aryl methyl sites for hydroxylation is 1. The summed E-state index contributed by atoms with van der Waals surface area (Å²) in [6.45, 7) is 3.90. The summed E-state index contributed by atoms with van der Waals surface area (Å²) >= 11 is 1.44. The first-order chi connectivity index (χ1) is 6.59. The van der Waals surface area contributed by atoms with Gasteiger partial charge in [-0.15, -0.1) is 0 Å². The van der Waals surface area contributed by atoms with E-state index in [0.29, 0.717) is 5.75 Å². The number of imidazole rings is 1. The molecule has 14 heavy (non-hydrogen) atoms. The van der Waals surface area contributed by atoms with Crippen molar-refractivity contribution in [3.63, 3.8) is 0 Å². The summed E-state index contributed by atoms with van der Waals surface area (Å²) in [7, 11) is 1.91. The van der Waals surface area contributed by atoms with Crippen LogP contribution in [0.15, 0.2) is 17.6 Å². The van der Waals surface area contributed by atoms with Crippen molar-refractivity contribution in [2.75, 3.05) is 5.75 Å². The summed E-state index contributed by atoms with van der Waals surface area (Å²) in [6.07, 6.45) is 3.59. The first kappa shape index (κ1) is 11.1. The van der Waals surface area contributed by atoms with Gasteiger partial charge in [-0.3, -0.25) is 4.79 Å². The number of carbonyl (C=O) groups excluding carboxylic acids is 1. The van der Waals surface area contributed by atoms with Crippen molar-refractivity contribution in [1.29, 1.82) is 0 Å². The fourth-order valence-corrected chi connectivity index (χ4v) is 1.73. The number of aromatic nitrogens is 2. The van der Waals surface area contributed by atoms with Gasteiger partial charge in [-0.25, -0.2) is 4.98 Å². The molecule has 0 atom stereocenters. The minimum atomic E-state index is 0.0491. The molecule has 0 aromatic carbocycles. The second-order valence-electron chi connectivity index (χ2n) is 3.33. The largest absolute Gasteiger partial charge is 0.353 e. The van der Waals surface area contributed by atoms with Gasteiger partial charge < -0.3 is 9.88 Å². The zero-order chi connectivity index (χ0) is 10.6. The molecule has 0 spiro atoms. The minimum absolute atomic E-state index is 0.0491. The topological polar surface area (TPSA) is 46.9 Å². The van der Waals surface area contributed by atoms with Crippen LogP contribution in [0.5, 0.6) is 0 Å². The third-order valence-electron chi connectivity index (χ3n) is 1.56. The molecule has 0 saturated carbocycles. The van der Waals surface area contributed by atoms with Crippen molar-refractivity contribution < 1.29 is 4.79 Å². The summed E-state index contributed by atoms with van der Waals surface area (Å²) in [6, 6.07) is 0.199. The zero-order valence-electron chi connectivity index (χ0n) is 8.65. The SMILES string of the molecule is CC(C)NC(=O)CSc1nccn1C. The van der Waals surface area contributed by atoms with Crippen molar-refractivity contribution in [3.8, 4) is 0 Å². The van der Waals surface area contributed by atoms with Crippen LogP contribution in [0.3, 0.4) is 0 Å². The number of nitrogens with zero attached hydrogens (tertiary/aromatic N) is 2. The molecular formula is C9H15N3OS. The molecule has 0 bridgehead atoms. The maximum atomic E-state index is 11.3. The van der Waals surface area contributed by atoms with Gasteiger partial charge in [0.2, 0.25) is 5.91 Å². The van der Waals surface area contributed by atoms with E-state index in [1.807, 2.05) is 31.7 Å². The summed E-state index contributed by atoms with van der Waals surface area (Å²) in [5.41, 5.74) is 0. The molecule has 0 fully saturated rings. The zero-order valence-corrected chi connectivity index (χ0v) is 9.47. The maximum Gasteiger partial charge on any atom is 0.230 e. The van der Waals surface area contributed by atoms with E-state index >= 15 is 0 Å². The first-order valence-corrected chi connectivity index (χ1v) is 5.47. The Balaban J connectivity index is 2.34. The van der Waals surface area contributed by atoms with Crippen molar-refractivity contribution >= 4 is 17.7 Å². The Bertz CT molecular complexity index is 309. The normalized spacial score (nSPS) is 10.6. The van der Waals surface area contributed by atoms with E-state index in [0.717, 1.165) is 5.16 Å². The molecule has 1 N–H and O–H groups in total. The highest BCUT2D eigenvalue weighted by molar-refractivity contribution is 7.99. The lowest BCUT2D eigenvalue weighted by atomic mass is 10.4. The van der Waals surface area contributed by atoms with Crippen LogP contribution in [0.1, 0.15) is 13.8 Å². The van der Waals surface area contributed by atoms with Crippen LogP contribution >= 0.6 is 11.8 Å². The highest BCUT2D eigenvalue weighted by Gasteiger charge is 2.06. The average molecular weight is 213 g/mol. The molecule has 5 heteroatoms. The molecule has 0 saturated heterocycles. The summed E-state index contributed by atoms with van der Waals surface area (Å²) < 4.78 is 1.90. The molecule has 0 unspecified atom stereocenters. The molecule has 4 nitrogen and oxygen atoms in total. The lowest BCUT2D eigenvalue weighted by Crippen LogP contribution is -2.31. The van der Waals surface area contributed by atoms with Gasteiger partial charge in [-0.2, -0.15) is 0 Å². The Labute approximate surface area is 88.1 Å². The Morgan fingerprint density at radius 2 is 2.43 bits per heavy atom. The number of nitrogens with one attached hydrogen (secondary N) is 1. The van der Waals surface area contributed by atoms with Crippen molar-refractivity contribution in [2.24, 2.45) is 7.05 Å². The smallest absolute Gasteiger partial charge is 0.230 e. The first-order valence-electron chi connectivity index (χ1n) is 4.49. The van der Waals surface area contributed by atoms with Gasteiger partial charge >= 0.3 is 0 Å². The van der Waals surface area contributed by atoms with Crippen LogP contribution in [0.4, 0.5) is 0 Å². The van der Waals surface area contributed by atoms with E-state index in [9.17, 15) is 4.79 Å². The number of rotatable bonds is 4. The molecule has 1 amide bonds. The lowest BCUT2D eigenvalue weighted by molar-refractivity contribution is -0.119. The fraction of sp³-hybridized carbons (Fsp3) is 0.556. The summed E-state index contributed by atoms with van der Waals surface area (Å²) in [5.74, 6) is 0.469. The van der Waals surface area contributed by atoms with Crippen LogP contribution < -0.4 is 5.32 Å². The number of thioether (sulfide) groups is 1. The van der Waals surface area contributed by atoms with Crippen molar-refractivity contribution in [3.05, 3.63) is 12.4 Å². The number of hydrogen-bond donors (Lipinski definition) is 1. The monoisotopic (exact) mass is 213 g/mol. The van der Waals surface area contributed by atoms with E-state index in [1.54, 1.807) is 6.20 Å². The molecule has 0 aliphatic carbocycles. The fourth-order valence-electron chi connectivity index (χ4n) is 0.985. The Kier molecular flexibility index (Phi) is 4.00. The standard InChI is InChI=1S/C9H15N3OS/c1-7(2)11-8(13)6-14-9-10-4-5-12(9)3/h4-5,7H,6H2,1-3H3,(H,11,13). The maximum absolute atomic E-state index is 11.3. The molecule has 78 valence electrons. The third kappa shape index (κ3) is 3.41. The molecule has 0 aliphatic rings. The van der Waals surface area contributed by atoms with Gasteiger partial charge in [-0.05, 0) is 13.8 Å². The van der Waals surface area contributed by atoms with E-state index < -0.39 is 0 Å². The highest BCUT2D eigenvalue weighted by Crippen LogP contribution is 2.13. The second-order valence-corrected chi connectivity index (χ2v) is 4.27. The molecule has 1 rings (SSSR count). The Morgan fingerprint density at radius 1 is 1.71 bits per heavy atom. The van der Waals surface area contributed by atoms with E-state index in [4.69, 9.17) is 0 Å². The summed E-state index contributed by atoms with van der Waals surface area (Å²) in [5, 5.41) is 3.69. The Hall–Kier alpha value is -0.970. The second kappa shape index (κ2) is 5.05. The van der Waals surface area contributed by atoms with Crippen molar-refractivity contribution in [2.45, 2.75) is 25.0 Å². The molecule has 0 radical (unpaired) electrons. The van der Waals surface area contributed by atoms with Crippen molar-refractivity contribution in [1.82, 2.24) is 14.9 Å². The van der Waals surface area contributed by atoms with Gasteiger partial charge in [0.1, 0.15) is 0 Å². The van der Waals surface area contributed by atoms with Gasteiger partial charge in [0, 0.05) is 25.5 Å². The number of carbonyl (C=O) groups is 1. The van der Waals surface area contributed by atoms with Crippen LogP contribution in [-0.4, -0.2) is 27.3 Å². The molecule has 0 aliphatic heterocycles. The minimum Gasteiger partial charge on any atom is -0.353 e. The third-order valence-corrected chi connectivity index (χ3v) is 2.62. The summed E-state index contributed by atoms with van der Waals surface area (Å²) in [4.78, 5) is 15.4. The predicted octanol–water partition coefficient (Wildman–Crippen LogP) is 1.04. The molecular weight excluding hydrogens is 198 g/mol. The molecule has 1 heterocycles. The van der Waals surface area contributed by atoms with Crippen LogP contribution in [0.2, 0.25) is 0 Å². The van der Waals surface area contributed by atoms with E-state index in [2.05, 4.69) is 10.3 Å². The molecule has 1 aromatic heterocycles. The highest BCUT2D eigenvalue weighted by atomic mass is 32.2. The lowest BCUT2D eigenvalue weighted by Gasteiger charge is -2.07. The number of hydrogen-bond acceptors (Lipinski definition) is 3. The van der Waals surface area contributed by atoms with E-state index in [-0.39, 0.29) is 11.9 Å². The van der Waals surface area contributed by atoms with Crippen LogP contribution in [0, 0.1) is 0 Å². The van der Waals surface area contributed by atoms with Gasteiger partial charge in [0.05, 0.1) is 5.75 Å². The number of amides is 1. The Morgan fingerprint density at radius 3 is 2.93 bits per heavy atom. The van der Waals surface area contributed by atoms with E-state index in [1.165, 1.54) is 11.8 Å².